The van der Waals surface area contributed by atoms with Crippen molar-refractivity contribution in [3.05, 3.63) is 52.8 Å². The maximum atomic E-state index is 13.4. The summed E-state index contributed by atoms with van der Waals surface area (Å²) in [5.74, 6) is 1.21. The summed E-state index contributed by atoms with van der Waals surface area (Å²) < 4.78 is 18.8. The average molecular weight is 418 g/mol. The lowest BCUT2D eigenvalue weighted by Crippen LogP contribution is -2.37. The molecule has 1 saturated heterocycles. The number of amides is 1. The number of rotatable bonds is 7. The summed E-state index contributed by atoms with van der Waals surface area (Å²) in [6.45, 7) is 5.80. The molecule has 0 bridgehead atoms. The molecule has 0 unspecified atom stereocenters. The molecule has 3 rings (SSSR count). The molecule has 29 heavy (non-hydrogen) atoms. The van der Waals surface area contributed by atoms with Gasteiger partial charge in [-0.15, -0.1) is 11.8 Å². The van der Waals surface area contributed by atoms with E-state index in [1.54, 1.807) is 23.9 Å². The number of aryl methyl sites for hydroxylation is 1. The lowest BCUT2D eigenvalue weighted by molar-refractivity contribution is 0.0853. The lowest BCUT2D eigenvalue weighted by Gasteiger charge is -2.32. The highest BCUT2D eigenvalue weighted by Gasteiger charge is 2.23. The van der Waals surface area contributed by atoms with Gasteiger partial charge in [0.1, 0.15) is 16.7 Å². The molecule has 1 amide bonds. The Balaban J connectivity index is 1.80. The zero-order chi connectivity index (χ0) is 20.8. The molecule has 1 aromatic heterocycles. The van der Waals surface area contributed by atoms with Crippen LogP contribution in [0.2, 0.25) is 0 Å². The number of pyridine rings is 1. The number of halogens is 1. The van der Waals surface area contributed by atoms with Crippen molar-refractivity contribution in [1.29, 1.82) is 0 Å². The zero-order valence-electron chi connectivity index (χ0n) is 17.2. The van der Waals surface area contributed by atoms with Crippen molar-refractivity contribution in [3.63, 3.8) is 0 Å². The summed E-state index contributed by atoms with van der Waals surface area (Å²) in [7, 11) is 2.06. The van der Waals surface area contributed by atoms with Crippen LogP contribution >= 0.6 is 11.8 Å². The van der Waals surface area contributed by atoms with Crippen LogP contribution in [0.4, 0.5) is 10.2 Å². The summed E-state index contributed by atoms with van der Waals surface area (Å²) in [5, 5.41) is 3.64. The van der Waals surface area contributed by atoms with Gasteiger partial charge in [-0.25, -0.2) is 9.37 Å². The van der Waals surface area contributed by atoms with Crippen molar-refractivity contribution in [3.8, 4) is 0 Å². The van der Waals surface area contributed by atoms with Crippen LogP contribution in [0.15, 0.2) is 35.4 Å². The average Bonchev–Trinajstić information content (AvgIpc) is 2.72. The zero-order valence-corrected chi connectivity index (χ0v) is 18.0. The predicted octanol–water partition coefficient (Wildman–Crippen LogP) is 4.19. The molecular weight excluding hydrogens is 389 g/mol. The summed E-state index contributed by atoms with van der Waals surface area (Å²) in [6, 6.07) is 8.63. The number of thioether (sulfide) groups is 1. The summed E-state index contributed by atoms with van der Waals surface area (Å²) >= 11 is 1.56. The van der Waals surface area contributed by atoms with E-state index in [4.69, 9.17) is 9.72 Å². The van der Waals surface area contributed by atoms with E-state index in [0.29, 0.717) is 11.6 Å². The first-order chi connectivity index (χ1) is 14.0. The van der Waals surface area contributed by atoms with Gasteiger partial charge in [0.25, 0.3) is 5.91 Å². The maximum absolute atomic E-state index is 13.4. The minimum Gasteiger partial charge on any atom is -0.381 e. The number of carbonyl (C=O) groups excluding carboxylic acids is 1. The van der Waals surface area contributed by atoms with Gasteiger partial charge in [-0.1, -0.05) is 19.1 Å². The minimum absolute atomic E-state index is 0.185. The highest BCUT2D eigenvalue weighted by Crippen LogP contribution is 2.29. The van der Waals surface area contributed by atoms with Gasteiger partial charge in [0.2, 0.25) is 0 Å². The van der Waals surface area contributed by atoms with Crippen molar-refractivity contribution in [1.82, 2.24) is 10.3 Å². The molecule has 0 radical (unpaired) electrons. The fraction of sp³-hybridized carbons (Fsp3) is 0.455. The Labute approximate surface area is 176 Å². The molecule has 1 aromatic carbocycles. The third-order valence-corrected chi connectivity index (χ3v) is 5.98. The molecule has 0 spiro atoms. The number of hydrogen-bond donors (Lipinski definition) is 1. The third kappa shape index (κ3) is 5.48. The number of nitrogens with one attached hydrogen (secondary N) is 1. The van der Waals surface area contributed by atoms with Crippen LogP contribution in [0.5, 0.6) is 0 Å². The van der Waals surface area contributed by atoms with Crippen LogP contribution in [0.1, 0.15) is 41.3 Å². The van der Waals surface area contributed by atoms with Crippen molar-refractivity contribution in [2.45, 2.75) is 44.3 Å². The summed E-state index contributed by atoms with van der Waals surface area (Å²) in [5.41, 5.74) is 2.21. The van der Waals surface area contributed by atoms with Crippen molar-refractivity contribution in [2.75, 3.05) is 30.9 Å². The Morgan fingerprint density at radius 3 is 2.79 bits per heavy atom. The van der Waals surface area contributed by atoms with E-state index < -0.39 is 0 Å². The van der Waals surface area contributed by atoms with Crippen molar-refractivity contribution < 1.29 is 13.9 Å². The summed E-state index contributed by atoms with van der Waals surface area (Å²) in [4.78, 5) is 19.9. The number of anilines is 1. The van der Waals surface area contributed by atoms with E-state index in [2.05, 4.69) is 17.3 Å². The second-order valence-electron chi connectivity index (χ2n) is 7.18. The van der Waals surface area contributed by atoms with E-state index in [0.717, 1.165) is 53.8 Å². The fourth-order valence-electron chi connectivity index (χ4n) is 3.50. The lowest BCUT2D eigenvalue weighted by atomic mass is 10.1. The van der Waals surface area contributed by atoms with Gasteiger partial charge in [-0.3, -0.25) is 4.79 Å². The Kier molecular flexibility index (Phi) is 7.50. The van der Waals surface area contributed by atoms with Crippen LogP contribution in [0.25, 0.3) is 0 Å². The van der Waals surface area contributed by atoms with Crippen molar-refractivity contribution >= 4 is 23.5 Å². The smallest absolute Gasteiger partial charge is 0.254 e. The highest BCUT2D eigenvalue weighted by molar-refractivity contribution is 7.99. The fourth-order valence-corrected chi connectivity index (χ4v) is 4.33. The molecule has 2 heterocycles. The normalized spacial score (nSPS) is 14.6. The Hall–Kier alpha value is -2.12. The standard InChI is InChI=1S/C22H28FN3O2S/c1-4-29-22-20(21(27)24-14-16-6-5-7-17(23)13-16)15(2)12-19(25-22)26(3)18-8-10-28-11-9-18/h5-7,12-13,18H,4,8-11,14H2,1-3H3,(H,24,27). The quantitative estimate of drug-likeness (QED) is 0.685. The van der Waals surface area contributed by atoms with E-state index in [9.17, 15) is 9.18 Å². The first-order valence-electron chi connectivity index (χ1n) is 9.97. The number of nitrogens with zero attached hydrogens (tertiary/aromatic N) is 2. The molecular formula is C22H28FN3O2S. The number of carbonyl (C=O) groups is 1. The topological polar surface area (TPSA) is 54.5 Å². The maximum Gasteiger partial charge on any atom is 0.254 e. The molecule has 5 nitrogen and oxygen atoms in total. The number of hydrogen-bond acceptors (Lipinski definition) is 5. The van der Waals surface area contributed by atoms with Crippen molar-refractivity contribution in [2.24, 2.45) is 0 Å². The van der Waals surface area contributed by atoms with E-state index >= 15 is 0 Å². The molecule has 156 valence electrons. The number of aromatic nitrogens is 1. The Bertz CT molecular complexity index is 856. The Morgan fingerprint density at radius 2 is 2.10 bits per heavy atom. The number of benzene rings is 1. The van der Waals surface area contributed by atoms with Gasteiger partial charge >= 0.3 is 0 Å². The third-order valence-electron chi connectivity index (χ3n) is 5.12. The van der Waals surface area contributed by atoms with Crippen LogP contribution < -0.4 is 10.2 Å². The van der Waals surface area contributed by atoms with Gasteiger partial charge in [0, 0.05) is 32.8 Å². The molecule has 1 N–H and O–H groups in total. The van der Waals surface area contributed by atoms with E-state index in [1.807, 2.05) is 19.9 Å². The van der Waals surface area contributed by atoms with Crippen LogP contribution in [-0.4, -0.2) is 42.9 Å². The molecule has 1 aliphatic heterocycles. The van der Waals surface area contributed by atoms with E-state index in [-0.39, 0.29) is 18.3 Å². The minimum atomic E-state index is -0.308. The molecule has 7 heteroatoms. The molecule has 0 atom stereocenters. The first kappa shape index (κ1) is 21.6. The van der Waals surface area contributed by atoms with Crippen LogP contribution in [0, 0.1) is 12.7 Å². The predicted molar refractivity (Wildman–Crippen MR) is 115 cm³/mol. The number of ether oxygens (including phenoxy) is 1. The molecule has 1 fully saturated rings. The SMILES string of the molecule is CCSc1nc(N(C)C2CCOCC2)cc(C)c1C(=O)NCc1cccc(F)c1. The first-order valence-corrected chi connectivity index (χ1v) is 11.0. The van der Waals surface area contributed by atoms with E-state index in [1.165, 1.54) is 12.1 Å². The largest absolute Gasteiger partial charge is 0.381 e. The van der Waals surface area contributed by atoms with Gasteiger partial charge < -0.3 is 15.0 Å². The summed E-state index contributed by atoms with van der Waals surface area (Å²) in [6.07, 6.45) is 1.95. The molecule has 0 aliphatic carbocycles. The van der Waals surface area contributed by atoms with Crippen LogP contribution in [-0.2, 0) is 11.3 Å². The van der Waals surface area contributed by atoms with Gasteiger partial charge in [-0.2, -0.15) is 0 Å². The monoisotopic (exact) mass is 417 g/mol. The molecule has 0 saturated carbocycles. The highest BCUT2D eigenvalue weighted by atomic mass is 32.2. The van der Waals surface area contributed by atoms with Crippen LogP contribution in [0.3, 0.4) is 0 Å². The molecule has 1 aliphatic rings. The Morgan fingerprint density at radius 1 is 1.34 bits per heavy atom. The van der Waals surface area contributed by atoms with Gasteiger partial charge in [0.05, 0.1) is 5.56 Å². The second-order valence-corrected chi connectivity index (χ2v) is 8.43. The van der Waals surface area contributed by atoms with Gasteiger partial charge in [0.15, 0.2) is 0 Å². The van der Waals surface area contributed by atoms with Gasteiger partial charge in [-0.05, 0) is 54.8 Å². The second kappa shape index (κ2) is 10.1. The molecule has 2 aromatic rings.